The van der Waals surface area contributed by atoms with Crippen molar-refractivity contribution in [1.29, 1.82) is 0 Å². The summed E-state index contributed by atoms with van der Waals surface area (Å²) in [4.78, 5) is 15.1. The van der Waals surface area contributed by atoms with Crippen LogP contribution in [0, 0.1) is 26.7 Å². The summed E-state index contributed by atoms with van der Waals surface area (Å²) in [6, 6.07) is 12.8. The van der Waals surface area contributed by atoms with Gasteiger partial charge in [-0.1, -0.05) is 55.8 Å². The molecule has 0 spiro atoms. The third-order valence-corrected chi connectivity index (χ3v) is 6.69. The predicted molar refractivity (Wildman–Crippen MR) is 132 cm³/mol. The Balaban J connectivity index is 0.000000890. The Hall–Kier alpha value is -2.69. The lowest BCUT2D eigenvalue weighted by Crippen LogP contribution is -2.45. The van der Waals surface area contributed by atoms with E-state index in [1.54, 1.807) is 7.05 Å². The topological polar surface area (TPSA) is 46.3 Å². The monoisotopic (exact) mass is 456 g/mol. The number of benzene rings is 2. The van der Waals surface area contributed by atoms with E-state index in [-0.39, 0.29) is 11.7 Å². The summed E-state index contributed by atoms with van der Waals surface area (Å²) in [5.41, 5.74) is 12.1. The average Bonchev–Trinajstić information content (AvgIpc) is 3.57. The Labute approximate surface area is 197 Å². The van der Waals surface area contributed by atoms with E-state index in [4.69, 9.17) is 5.73 Å². The third-order valence-electron chi connectivity index (χ3n) is 6.69. The van der Waals surface area contributed by atoms with E-state index in [0.717, 1.165) is 30.4 Å². The van der Waals surface area contributed by atoms with Crippen LogP contribution in [0.4, 0.5) is 8.78 Å². The molecule has 33 heavy (non-hydrogen) atoms. The highest BCUT2D eigenvalue weighted by Crippen LogP contribution is 2.38. The Morgan fingerprint density at radius 2 is 1.61 bits per heavy atom. The average molecular weight is 457 g/mol. The number of carbonyl (C=O) groups excluding carboxylic acids is 1. The van der Waals surface area contributed by atoms with Gasteiger partial charge in [-0.05, 0) is 86.8 Å². The molecule has 0 aliphatic heterocycles. The lowest BCUT2D eigenvalue weighted by atomic mass is 9.73. The maximum absolute atomic E-state index is 13.7. The summed E-state index contributed by atoms with van der Waals surface area (Å²) in [6.07, 6.45) is 2.86. The largest absolute Gasteiger partial charge is 0.386 e. The predicted octanol–water partition coefficient (Wildman–Crippen LogP) is 6.42. The molecule has 1 atom stereocenters. The standard InChI is InChI=1S/C26H34N2O.C2H4F2/c1-17-7-13-23(15-19(17)3)26(5,25(29)28(6)20(4)27)24-14-8-18(2)22(16-24)12-11-21-9-10-21;1-2(3)4/h7-8,13-16,21H,4,9-12,27H2,1-3,5-6H3;2H,1H3. The minimum Gasteiger partial charge on any atom is -0.386 e. The van der Waals surface area contributed by atoms with Crippen molar-refractivity contribution >= 4 is 5.91 Å². The van der Waals surface area contributed by atoms with Crippen LogP contribution in [-0.2, 0) is 16.6 Å². The summed E-state index contributed by atoms with van der Waals surface area (Å²) < 4.78 is 20.7. The van der Waals surface area contributed by atoms with Gasteiger partial charge in [0, 0.05) is 7.05 Å². The number of carbonyl (C=O) groups is 1. The maximum atomic E-state index is 13.7. The second-order valence-electron chi connectivity index (χ2n) is 9.42. The molecule has 0 radical (unpaired) electrons. The fourth-order valence-corrected chi connectivity index (χ4v) is 3.95. The minimum absolute atomic E-state index is 0.0646. The van der Waals surface area contributed by atoms with Gasteiger partial charge < -0.3 is 10.6 Å². The van der Waals surface area contributed by atoms with Gasteiger partial charge in [0.2, 0.25) is 12.3 Å². The molecule has 3 rings (SSSR count). The van der Waals surface area contributed by atoms with Crippen LogP contribution in [0.15, 0.2) is 48.8 Å². The highest BCUT2D eigenvalue weighted by molar-refractivity contribution is 5.92. The van der Waals surface area contributed by atoms with Gasteiger partial charge in [0.25, 0.3) is 0 Å². The molecule has 0 heterocycles. The molecule has 1 unspecified atom stereocenters. The molecule has 1 fully saturated rings. The van der Waals surface area contributed by atoms with Crippen molar-refractivity contribution in [3.63, 3.8) is 0 Å². The van der Waals surface area contributed by atoms with Gasteiger partial charge in [-0.15, -0.1) is 0 Å². The fraction of sp³-hybridized carbons (Fsp3) is 0.464. The van der Waals surface area contributed by atoms with Gasteiger partial charge in [-0.25, -0.2) is 8.78 Å². The molecule has 5 heteroatoms. The Bertz CT molecular complexity index is 995. The van der Waals surface area contributed by atoms with Crippen molar-refractivity contribution < 1.29 is 13.6 Å². The third kappa shape index (κ3) is 6.66. The van der Waals surface area contributed by atoms with E-state index < -0.39 is 11.8 Å². The molecule has 1 aliphatic rings. The van der Waals surface area contributed by atoms with E-state index in [9.17, 15) is 13.6 Å². The molecular weight excluding hydrogens is 418 g/mol. The van der Waals surface area contributed by atoms with Crippen molar-refractivity contribution in [3.8, 4) is 0 Å². The lowest BCUT2D eigenvalue weighted by Gasteiger charge is -2.34. The van der Waals surface area contributed by atoms with Crippen LogP contribution in [-0.4, -0.2) is 24.3 Å². The Morgan fingerprint density at radius 3 is 2.09 bits per heavy atom. The van der Waals surface area contributed by atoms with Crippen molar-refractivity contribution in [2.45, 2.75) is 72.1 Å². The van der Waals surface area contributed by atoms with E-state index >= 15 is 0 Å². The Morgan fingerprint density at radius 1 is 1.09 bits per heavy atom. The number of hydrogen-bond donors (Lipinski definition) is 1. The van der Waals surface area contributed by atoms with Crippen molar-refractivity contribution in [2.75, 3.05) is 7.05 Å². The van der Waals surface area contributed by atoms with Crippen molar-refractivity contribution in [2.24, 2.45) is 11.7 Å². The fourth-order valence-electron chi connectivity index (χ4n) is 3.95. The molecule has 2 aromatic carbocycles. The van der Waals surface area contributed by atoms with Gasteiger partial charge in [-0.2, -0.15) is 0 Å². The minimum atomic E-state index is -2.17. The molecule has 0 bridgehead atoms. The molecular formula is C28H38F2N2O. The summed E-state index contributed by atoms with van der Waals surface area (Å²) in [5.74, 6) is 1.08. The molecule has 180 valence electrons. The highest BCUT2D eigenvalue weighted by atomic mass is 19.3. The van der Waals surface area contributed by atoms with Gasteiger partial charge >= 0.3 is 0 Å². The summed E-state index contributed by atoms with van der Waals surface area (Å²) >= 11 is 0. The zero-order valence-electron chi connectivity index (χ0n) is 20.8. The number of amides is 1. The lowest BCUT2D eigenvalue weighted by molar-refractivity contribution is -0.132. The van der Waals surface area contributed by atoms with Crippen LogP contribution in [0.25, 0.3) is 0 Å². The van der Waals surface area contributed by atoms with Crippen LogP contribution in [0.3, 0.4) is 0 Å². The number of hydrogen-bond acceptors (Lipinski definition) is 2. The zero-order chi connectivity index (χ0) is 24.9. The number of halogens is 2. The molecule has 0 saturated heterocycles. The number of nitrogens with zero attached hydrogens (tertiary/aromatic N) is 1. The van der Waals surface area contributed by atoms with E-state index in [2.05, 4.69) is 63.7 Å². The summed E-state index contributed by atoms with van der Waals surface area (Å²) in [6.45, 7) is 13.0. The molecule has 1 amide bonds. The second-order valence-corrected chi connectivity index (χ2v) is 9.42. The molecule has 0 aromatic heterocycles. The highest BCUT2D eigenvalue weighted by Gasteiger charge is 2.40. The van der Waals surface area contributed by atoms with Crippen molar-refractivity contribution in [1.82, 2.24) is 4.90 Å². The van der Waals surface area contributed by atoms with Crippen molar-refractivity contribution in [3.05, 3.63) is 82.2 Å². The van der Waals surface area contributed by atoms with E-state index in [0.29, 0.717) is 0 Å². The van der Waals surface area contributed by atoms with Crippen LogP contribution < -0.4 is 5.73 Å². The maximum Gasteiger partial charge on any atom is 0.242 e. The number of likely N-dealkylation sites (N-methyl/N-ethyl adjacent to an activating group) is 1. The first kappa shape index (κ1) is 26.6. The van der Waals surface area contributed by atoms with Crippen LogP contribution in [0.2, 0.25) is 0 Å². The first-order valence-electron chi connectivity index (χ1n) is 11.6. The summed E-state index contributed by atoms with van der Waals surface area (Å²) in [5, 5.41) is 0. The zero-order valence-corrected chi connectivity index (χ0v) is 20.8. The normalized spacial score (nSPS) is 14.8. The molecule has 3 nitrogen and oxygen atoms in total. The number of alkyl halides is 2. The van der Waals surface area contributed by atoms with Gasteiger partial charge in [0.05, 0.1) is 11.2 Å². The van der Waals surface area contributed by atoms with Crippen LogP contribution in [0.5, 0.6) is 0 Å². The van der Waals surface area contributed by atoms with Gasteiger partial charge in [-0.3, -0.25) is 4.79 Å². The van der Waals surface area contributed by atoms with E-state index in [1.807, 2.05) is 6.92 Å². The van der Waals surface area contributed by atoms with Gasteiger partial charge in [0.15, 0.2) is 0 Å². The first-order valence-corrected chi connectivity index (χ1v) is 11.6. The molecule has 1 saturated carbocycles. The number of rotatable bonds is 7. The number of nitrogens with two attached hydrogens (primary N) is 1. The Kier molecular flexibility index (Phi) is 8.82. The van der Waals surface area contributed by atoms with Crippen LogP contribution in [0.1, 0.15) is 66.5 Å². The molecule has 2 aromatic rings. The summed E-state index contributed by atoms with van der Waals surface area (Å²) in [7, 11) is 1.70. The molecule has 2 N–H and O–H groups in total. The first-order chi connectivity index (χ1) is 15.4. The quantitative estimate of drug-likeness (QED) is 0.522. The van der Waals surface area contributed by atoms with Gasteiger partial charge in [0.1, 0.15) is 0 Å². The van der Waals surface area contributed by atoms with Crippen LogP contribution >= 0.6 is 0 Å². The second kappa shape index (κ2) is 11.0. The molecule has 1 aliphatic carbocycles. The SMILES string of the molecule is C=C(N)N(C)C(=O)C(C)(c1ccc(C)c(C)c1)c1ccc(C)c(CCC2CC2)c1.CC(F)F. The van der Waals surface area contributed by atoms with E-state index in [1.165, 1.54) is 46.4 Å². The smallest absolute Gasteiger partial charge is 0.242 e. The number of aryl methyl sites for hydroxylation is 4.